The van der Waals surface area contributed by atoms with E-state index in [9.17, 15) is 14.1 Å². The van der Waals surface area contributed by atoms with Gasteiger partial charge in [-0.3, -0.25) is 4.90 Å². The Kier molecular flexibility index (Phi) is 5.23. The molecule has 0 radical (unpaired) electrons. The number of allylic oxidation sites excluding steroid dienone is 1. The number of carbonyl (C=O) groups excluding carboxylic acids is 1. The van der Waals surface area contributed by atoms with Crippen LogP contribution in [0.2, 0.25) is 0 Å². The van der Waals surface area contributed by atoms with Crippen LogP contribution in [0.15, 0.2) is 86.8 Å². The van der Waals surface area contributed by atoms with Crippen LogP contribution < -0.4 is 5.32 Å². The van der Waals surface area contributed by atoms with Crippen molar-refractivity contribution in [2.45, 2.75) is 35.3 Å². The Morgan fingerprint density at radius 3 is 2.67 bits per heavy atom. The molecule has 4 aliphatic rings. The molecule has 5 atom stereocenters. The van der Waals surface area contributed by atoms with Gasteiger partial charge < -0.3 is 15.2 Å². The second kappa shape index (κ2) is 8.03. The zero-order valence-electron chi connectivity index (χ0n) is 20.7. The monoisotopic (exact) mass is 505 g/mol. The number of fused-ring (bicyclic) bond motifs is 2. The molecule has 2 fully saturated rings. The molecule has 0 saturated carbocycles. The number of esters is 1. The molecule has 2 N–H and O–H groups in total. The van der Waals surface area contributed by atoms with E-state index in [1.54, 1.807) is 19.2 Å². The topological polar surface area (TPSA) is 91.2 Å². The molecule has 0 aromatic heterocycles. The van der Waals surface area contributed by atoms with Gasteiger partial charge in [-0.2, -0.15) is 0 Å². The van der Waals surface area contributed by atoms with Gasteiger partial charge in [-0.15, -0.1) is 0 Å². The molecule has 6 rings (SSSR count). The summed E-state index contributed by atoms with van der Waals surface area (Å²) in [4.78, 5) is 16.4. The van der Waals surface area contributed by atoms with Crippen LogP contribution in [0, 0.1) is 5.92 Å². The van der Waals surface area contributed by atoms with Crippen molar-refractivity contribution in [1.29, 1.82) is 0 Å². The molecular weight excluding hydrogens is 474 g/mol. The van der Waals surface area contributed by atoms with Gasteiger partial charge in [-0.05, 0) is 42.7 Å². The van der Waals surface area contributed by atoms with Gasteiger partial charge in [0, 0.05) is 42.3 Å². The largest absolute Gasteiger partial charge is 0.466 e. The van der Waals surface area contributed by atoms with Gasteiger partial charge in [-0.25, -0.2) is 13.4 Å². The smallest absolute Gasteiger partial charge is 0.336 e. The van der Waals surface area contributed by atoms with Crippen LogP contribution in [-0.4, -0.2) is 64.8 Å². The van der Waals surface area contributed by atoms with Crippen molar-refractivity contribution in [2.75, 3.05) is 38.3 Å². The fraction of sp³-hybridized carbons (Fsp3) is 0.393. The van der Waals surface area contributed by atoms with Crippen molar-refractivity contribution >= 4 is 21.4 Å². The number of aliphatic hydroxyl groups is 1. The molecular formula is C28H31N3O4S. The van der Waals surface area contributed by atoms with Gasteiger partial charge in [-0.1, -0.05) is 42.5 Å². The molecule has 3 heterocycles. The van der Waals surface area contributed by atoms with Crippen LogP contribution in [0.25, 0.3) is 0 Å². The standard InChI is InChI=1S/C28H31N3O4S/c1-4-18-16-31-15-14-27-20-12-8-9-13-21(20)30-24(27)22(25(32)35-3)23(18)28(33,26(27)31)17-36(34,29-2)19-10-6-5-7-11-19/h4-13,23,26,30,33H,14-17H2,1-3H3/b18-4-/t23-,26+,27-,28+,36+/m0/s1. The first-order chi connectivity index (χ1) is 17.3. The SMILES string of the molecule is C/C=C1/CN2CC[C@]34C(=C(C(=O)OC)[C@H]1[C@](O)(C[S@](=O)(=NC)c1ccccc1)[C@H]23)Nc1ccccc14. The van der Waals surface area contributed by atoms with Crippen LogP contribution >= 0.6 is 0 Å². The van der Waals surface area contributed by atoms with E-state index in [-0.39, 0.29) is 11.8 Å². The summed E-state index contributed by atoms with van der Waals surface area (Å²) >= 11 is 0. The van der Waals surface area contributed by atoms with Gasteiger partial charge in [0.05, 0.1) is 39.6 Å². The van der Waals surface area contributed by atoms with Crippen LogP contribution in [0.3, 0.4) is 0 Å². The molecule has 0 unspecified atom stereocenters. The Labute approximate surface area is 212 Å². The van der Waals surface area contributed by atoms with Crippen LogP contribution in [0.1, 0.15) is 18.9 Å². The molecule has 2 aromatic carbocycles. The Bertz CT molecular complexity index is 1440. The predicted octanol–water partition coefficient (Wildman–Crippen LogP) is 3.33. The van der Waals surface area contributed by atoms with Crippen molar-refractivity contribution in [3.63, 3.8) is 0 Å². The number of piperidine rings is 1. The number of nitrogens with zero attached hydrogens (tertiary/aromatic N) is 2. The highest BCUT2D eigenvalue weighted by atomic mass is 32.2. The average Bonchev–Trinajstić information content (AvgIpc) is 3.46. The zero-order chi connectivity index (χ0) is 25.3. The summed E-state index contributed by atoms with van der Waals surface area (Å²) in [5.41, 5.74) is 2.04. The highest BCUT2D eigenvalue weighted by molar-refractivity contribution is 7.93. The summed E-state index contributed by atoms with van der Waals surface area (Å²) < 4.78 is 24.2. The number of benzene rings is 2. The van der Waals surface area contributed by atoms with Gasteiger partial charge in [0.25, 0.3) is 0 Å². The van der Waals surface area contributed by atoms with E-state index < -0.39 is 32.6 Å². The van der Waals surface area contributed by atoms with E-state index in [0.29, 0.717) is 17.0 Å². The van der Waals surface area contributed by atoms with E-state index >= 15 is 0 Å². The average molecular weight is 506 g/mol. The fourth-order valence-corrected chi connectivity index (χ4v) is 9.40. The molecule has 8 heteroatoms. The third kappa shape index (κ3) is 2.86. The van der Waals surface area contributed by atoms with Crippen molar-refractivity contribution in [3.8, 4) is 0 Å². The molecule has 2 bridgehead atoms. The van der Waals surface area contributed by atoms with Crippen LogP contribution in [-0.2, 0) is 24.7 Å². The summed E-state index contributed by atoms with van der Waals surface area (Å²) in [5, 5.41) is 16.5. The molecule has 2 saturated heterocycles. The number of hydrogen-bond acceptors (Lipinski definition) is 7. The van der Waals surface area contributed by atoms with Gasteiger partial charge in [0.2, 0.25) is 0 Å². The molecule has 1 aliphatic carbocycles. The molecule has 0 amide bonds. The Hall–Kier alpha value is -2.94. The number of rotatable bonds is 4. The predicted molar refractivity (Wildman–Crippen MR) is 139 cm³/mol. The summed E-state index contributed by atoms with van der Waals surface area (Å²) in [6.07, 6.45) is 2.72. The summed E-state index contributed by atoms with van der Waals surface area (Å²) in [7, 11) is -0.0658. The third-order valence-corrected chi connectivity index (χ3v) is 11.1. The minimum Gasteiger partial charge on any atom is -0.466 e. The lowest BCUT2D eigenvalue weighted by Gasteiger charge is -2.58. The minimum atomic E-state index is -3.00. The van der Waals surface area contributed by atoms with Crippen molar-refractivity contribution in [1.82, 2.24) is 4.90 Å². The third-order valence-electron chi connectivity index (χ3n) is 8.64. The summed E-state index contributed by atoms with van der Waals surface area (Å²) in [6, 6.07) is 16.8. The Balaban J connectivity index is 1.66. The first kappa shape index (κ1) is 23.5. The van der Waals surface area contributed by atoms with E-state index in [0.717, 1.165) is 35.5 Å². The normalized spacial score (nSPS) is 32.9. The number of anilines is 1. The number of methoxy groups -OCH3 is 1. The number of ether oxygens (including phenoxy) is 1. The number of carbonyl (C=O) groups is 1. The Morgan fingerprint density at radius 2 is 1.97 bits per heavy atom. The Morgan fingerprint density at radius 1 is 1.25 bits per heavy atom. The number of nitrogens with one attached hydrogen (secondary N) is 1. The minimum absolute atomic E-state index is 0.0820. The zero-order valence-corrected chi connectivity index (χ0v) is 21.5. The van der Waals surface area contributed by atoms with Gasteiger partial charge in [0.1, 0.15) is 5.60 Å². The highest BCUT2D eigenvalue weighted by Gasteiger charge is 2.71. The highest BCUT2D eigenvalue weighted by Crippen LogP contribution is 2.64. The van der Waals surface area contributed by atoms with Crippen molar-refractivity contribution < 1.29 is 18.8 Å². The van der Waals surface area contributed by atoms with Crippen LogP contribution in [0.4, 0.5) is 5.69 Å². The number of para-hydroxylation sites is 1. The van der Waals surface area contributed by atoms with E-state index in [1.165, 1.54) is 7.11 Å². The van der Waals surface area contributed by atoms with Crippen molar-refractivity contribution in [2.24, 2.45) is 10.3 Å². The molecule has 36 heavy (non-hydrogen) atoms. The molecule has 7 nitrogen and oxygen atoms in total. The molecule has 1 spiro atoms. The fourth-order valence-electron chi connectivity index (χ4n) is 7.36. The lowest BCUT2D eigenvalue weighted by atomic mass is 9.55. The van der Waals surface area contributed by atoms with E-state index in [1.807, 2.05) is 49.4 Å². The lowest BCUT2D eigenvalue weighted by molar-refractivity contribution is -0.141. The summed E-state index contributed by atoms with van der Waals surface area (Å²) in [5.74, 6) is -1.21. The van der Waals surface area contributed by atoms with Gasteiger partial charge in [0.15, 0.2) is 0 Å². The summed E-state index contributed by atoms with van der Waals surface area (Å²) in [6.45, 7) is 3.32. The molecule has 188 valence electrons. The lowest BCUT2D eigenvalue weighted by Crippen LogP contribution is -2.71. The first-order valence-electron chi connectivity index (χ1n) is 12.3. The maximum atomic E-state index is 14.5. The molecule has 3 aliphatic heterocycles. The second-order valence-corrected chi connectivity index (χ2v) is 12.5. The van der Waals surface area contributed by atoms with Crippen molar-refractivity contribution in [3.05, 3.63) is 83.1 Å². The second-order valence-electron chi connectivity index (χ2n) is 10.1. The quantitative estimate of drug-likeness (QED) is 0.489. The maximum absolute atomic E-state index is 14.5. The number of hydrogen-bond donors (Lipinski definition) is 2. The maximum Gasteiger partial charge on any atom is 0.336 e. The van der Waals surface area contributed by atoms with Gasteiger partial charge >= 0.3 is 5.97 Å². The van der Waals surface area contributed by atoms with E-state index in [2.05, 4.69) is 20.6 Å². The van der Waals surface area contributed by atoms with Crippen LogP contribution in [0.5, 0.6) is 0 Å². The van der Waals surface area contributed by atoms with E-state index in [4.69, 9.17) is 4.74 Å². The first-order valence-corrected chi connectivity index (χ1v) is 14.0. The molecule has 2 aromatic rings.